The molecule has 0 unspecified atom stereocenters. The number of alkyl halides is 3. The van der Waals surface area contributed by atoms with Crippen molar-refractivity contribution in [1.29, 1.82) is 0 Å². The van der Waals surface area contributed by atoms with Gasteiger partial charge in [0, 0.05) is 30.5 Å². The number of benzene rings is 1. The van der Waals surface area contributed by atoms with Gasteiger partial charge in [-0.1, -0.05) is 0 Å². The van der Waals surface area contributed by atoms with Crippen LogP contribution in [-0.4, -0.2) is 37.9 Å². The van der Waals surface area contributed by atoms with Crippen LogP contribution in [0.2, 0.25) is 0 Å². The largest absolute Gasteiger partial charge is 0.459 e. The predicted molar refractivity (Wildman–Crippen MR) is 82.1 cm³/mol. The predicted octanol–water partition coefficient (Wildman–Crippen LogP) is 2.05. The number of hydrogen-bond donors (Lipinski definition) is 2. The number of aliphatic hydroxyl groups is 1. The van der Waals surface area contributed by atoms with Gasteiger partial charge >= 0.3 is 5.92 Å². The molecule has 3 N–H and O–H groups in total. The van der Waals surface area contributed by atoms with Crippen LogP contribution in [-0.2, 0) is 10.0 Å². The van der Waals surface area contributed by atoms with E-state index in [-0.39, 0.29) is 12.3 Å². The molecule has 1 aliphatic heterocycles. The number of hydrogen-bond acceptors (Lipinski definition) is 5. The SMILES string of the molecule is CN1C=C(F)C=C(Oc2ccc(S(N)(=O)=O)c3c2[C@@H](F)C(F)(F)[C@H]3O)C1. The molecule has 0 fully saturated rings. The van der Waals surface area contributed by atoms with Gasteiger partial charge in [-0.05, 0) is 12.1 Å². The van der Waals surface area contributed by atoms with Gasteiger partial charge in [-0.15, -0.1) is 0 Å². The lowest BCUT2D eigenvalue weighted by Crippen LogP contribution is -2.25. The molecular formula is C15H14F4N2O4S. The molecule has 2 atom stereocenters. The van der Waals surface area contributed by atoms with E-state index in [9.17, 15) is 31.1 Å². The van der Waals surface area contributed by atoms with Gasteiger partial charge in [0.2, 0.25) is 10.0 Å². The summed E-state index contributed by atoms with van der Waals surface area (Å²) >= 11 is 0. The van der Waals surface area contributed by atoms with Crippen molar-refractivity contribution in [2.24, 2.45) is 5.14 Å². The van der Waals surface area contributed by atoms with Crippen LogP contribution in [0.5, 0.6) is 5.75 Å². The third-order valence-corrected chi connectivity index (χ3v) is 5.00. The van der Waals surface area contributed by atoms with Gasteiger partial charge in [0.25, 0.3) is 0 Å². The molecule has 0 amide bonds. The molecule has 0 saturated carbocycles. The van der Waals surface area contributed by atoms with Crippen molar-refractivity contribution in [3.8, 4) is 5.75 Å². The summed E-state index contributed by atoms with van der Waals surface area (Å²) in [5.41, 5.74) is -1.68. The standard InChI is InChI=1S/C15H14F4N2O4S/c1-21-5-7(16)4-8(6-21)25-9-2-3-10(26(20,23)24)12-11(9)13(17)15(18,19)14(12)22/h2-5,13-14,22H,6H2,1H3,(H2,20,23,24)/t13-,14+/m1/s1. The summed E-state index contributed by atoms with van der Waals surface area (Å²) in [6, 6.07) is 1.77. The number of aliphatic hydroxyl groups excluding tert-OH is 1. The Kier molecular flexibility index (Phi) is 4.28. The van der Waals surface area contributed by atoms with E-state index in [0.29, 0.717) is 0 Å². The number of ether oxygens (including phenoxy) is 1. The molecule has 2 aliphatic rings. The molecule has 1 heterocycles. The fourth-order valence-electron chi connectivity index (χ4n) is 2.94. The third-order valence-electron chi connectivity index (χ3n) is 4.03. The first-order chi connectivity index (χ1) is 11.9. The lowest BCUT2D eigenvalue weighted by atomic mass is 10.1. The van der Waals surface area contributed by atoms with Crippen molar-refractivity contribution in [2.75, 3.05) is 13.6 Å². The van der Waals surface area contributed by atoms with Crippen molar-refractivity contribution in [1.82, 2.24) is 4.90 Å². The minimum Gasteiger partial charge on any atom is -0.459 e. The first-order valence-electron chi connectivity index (χ1n) is 7.28. The van der Waals surface area contributed by atoms with Crippen LogP contribution in [0.1, 0.15) is 23.4 Å². The van der Waals surface area contributed by atoms with E-state index in [0.717, 1.165) is 24.4 Å². The Balaban J connectivity index is 2.15. The maximum absolute atomic E-state index is 14.3. The molecule has 1 aromatic rings. The monoisotopic (exact) mass is 394 g/mol. The number of likely N-dealkylation sites (N-methyl/N-ethyl adjacent to an activating group) is 1. The van der Waals surface area contributed by atoms with Gasteiger partial charge in [-0.25, -0.2) is 22.3 Å². The minimum atomic E-state index is -4.51. The smallest absolute Gasteiger partial charge is 0.312 e. The number of rotatable bonds is 3. The molecule has 0 bridgehead atoms. The average molecular weight is 394 g/mol. The van der Waals surface area contributed by atoms with Gasteiger partial charge in [-0.3, -0.25) is 0 Å². The molecule has 142 valence electrons. The minimum absolute atomic E-state index is 0.0186. The second kappa shape index (κ2) is 5.96. The maximum atomic E-state index is 14.3. The molecule has 26 heavy (non-hydrogen) atoms. The van der Waals surface area contributed by atoms with E-state index >= 15 is 0 Å². The summed E-state index contributed by atoms with van der Waals surface area (Å²) in [5.74, 6) is -5.42. The van der Waals surface area contributed by atoms with Gasteiger partial charge in [0.1, 0.15) is 23.4 Å². The number of nitrogens with two attached hydrogens (primary N) is 1. The Morgan fingerprint density at radius 1 is 1.35 bits per heavy atom. The fraction of sp³-hybridized carbons (Fsp3) is 0.333. The highest BCUT2D eigenvalue weighted by molar-refractivity contribution is 7.89. The first-order valence-corrected chi connectivity index (χ1v) is 8.83. The average Bonchev–Trinajstić information content (AvgIpc) is 2.67. The van der Waals surface area contributed by atoms with E-state index in [1.54, 1.807) is 0 Å². The highest BCUT2D eigenvalue weighted by Gasteiger charge is 2.59. The molecule has 0 radical (unpaired) electrons. The van der Waals surface area contributed by atoms with Crippen LogP contribution >= 0.6 is 0 Å². The molecule has 1 aromatic carbocycles. The van der Waals surface area contributed by atoms with Crippen LogP contribution in [0.25, 0.3) is 0 Å². The Morgan fingerprint density at radius 3 is 2.58 bits per heavy atom. The number of allylic oxidation sites excluding steroid dienone is 2. The van der Waals surface area contributed by atoms with E-state index < -0.39 is 55.8 Å². The number of nitrogens with zero attached hydrogens (tertiary/aromatic N) is 1. The summed E-state index contributed by atoms with van der Waals surface area (Å²) in [7, 11) is -2.98. The van der Waals surface area contributed by atoms with E-state index in [2.05, 4.69) is 0 Å². The van der Waals surface area contributed by atoms with Crippen molar-refractivity contribution < 1.29 is 35.8 Å². The lowest BCUT2D eigenvalue weighted by molar-refractivity contribution is -0.143. The van der Waals surface area contributed by atoms with E-state index in [1.807, 2.05) is 0 Å². The Labute approximate surface area is 146 Å². The maximum Gasteiger partial charge on any atom is 0.312 e. The van der Waals surface area contributed by atoms with Gasteiger partial charge in [0.05, 0.1) is 11.4 Å². The summed E-state index contributed by atoms with van der Waals surface area (Å²) in [6.07, 6.45) is -3.59. The summed E-state index contributed by atoms with van der Waals surface area (Å²) in [5, 5.41) is 14.8. The topological polar surface area (TPSA) is 92.9 Å². The highest BCUT2D eigenvalue weighted by atomic mass is 32.2. The normalized spacial score (nSPS) is 24.8. The molecule has 1 aliphatic carbocycles. The van der Waals surface area contributed by atoms with E-state index in [1.165, 1.54) is 11.9 Å². The van der Waals surface area contributed by atoms with Crippen LogP contribution in [0.4, 0.5) is 17.6 Å². The van der Waals surface area contributed by atoms with Crippen LogP contribution in [0.15, 0.2) is 40.9 Å². The molecule has 0 aromatic heterocycles. The second-order valence-corrected chi connectivity index (χ2v) is 7.55. The molecule has 3 rings (SSSR count). The summed E-state index contributed by atoms with van der Waals surface area (Å²) in [4.78, 5) is 0.577. The highest BCUT2D eigenvalue weighted by Crippen LogP contribution is 2.56. The second-order valence-electron chi connectivity index (χ2n) is 6.02. The summed E-state index contributed by atoms with van der Waals surface area (Å²) < 4.78 is 84.3. The van der Waals surface area contributed by atoms with Gasteiger partial charge < -0.3 is 14.7 Å². The fourth-order valence-corrected chi connectivity index (χ4v) is 3.73. The zero-order valence-corrected chi connectivity index (χ0v) is 14.1. The first kappa shape index (κ1) is 18.7. The van der Waals surface area contributed by atoms with Crippen molar-refractivity contribution >= 4 is 10.0 Å². The van der Waals surface area contributed by atoms with Crippen molar-refractivity contribution in [2.45, 2.75) is 23.1 Å². The summed E-state index contributed by atoms with van der Waals surface area (Å²) in [6.45, 7) is 0.0645. The molecule has 11 heteroatoms. The molecule has 6 nitrogen and oxygen atoms in total. The zero-order chi connectivity index (χ0) is 19.4. The van der Waals surface area contributed by atoms with Gasteiger partial charge in [-0.2, -0.15) is 8.78 Å². The van der Waals surface area contributed by atoms with E-state index in [4.69, 9.17) is 9.88 Å². The number of halogens is 4. The number of primary sulfonamides is 1. The van der Waals surface area contributed by atoms with Crippen LogP contribution < -0.4 is 9.88 Å². The third kappa shape index (κ3) is 2.95. The molecule has 0 saturated heterocycles. The number of sulfonamides is 1. The van der Waals surface area contributed by atoms with Crippen LogP contribution in [0.3, 0.4) is 0 Å². The molecule has 0 spiro atoms. The zero-order valence-electron chi connectivity index (χ0n) is 13.3. The van der Waals surface area contributed by atoms with Gasteiger partial charge in [0.15, 0.2) is 6.17 Å². The van der Waals surface area contributed by atoms with Crippen molar-refractivity contribution in [3.63, 3.8) is 0 Å². The van der Waals surface area contributed by atoms with Crippen LogP contribution in [0, 0.1) is 0 Å². The van der Waals surface area contributed by atoms with Crippen molar-refractivity contribution in [3.05, 3.63) is 47.1 Å². The number of fused-ring (bicyclic) bond motifs is 1. The Hall–Kier alpha value is -2.11. The quantitative estimate of drug-likeness (QED) is 0.766. The Morgan fingerprint density at radius 2 is 2.00 bits per heavy atom. The Bertz CT molecular complexity index is 930. The molecular weight excluding hydrogens is 380 g/mol. The lowest BCUT2D eigenvalue weighted by Gasteiger charge is -2.22.